The highest BCUT2D eigenvalue weighted by Crippen LogP contribution is 2.05. The lowest BCUT2D eigenvalue weighted by Gasteiger charge is -2.24. The molecule has 0 amide bonds. The first-order valence-corrected chi connectivity index (χ1v) is 6.43. The number of aromatic nitrogens is 2. The Morgan fingerprint density at radius 3 is 2.65 bits per heavy atom. The lowest BCUT2D eigenvalue weighted by atomic mass is 10.0. The van der Waals surface area contributed by atoms with Crippen LogP contribution in [-0.4, -0.2) is 47.9 Å². The number of nitrogens with zero attached hydrogens (tertiary/aromatic N) is 3. The van der Waals surface area contributed by atoms with E-state index < -0.39 is 0 Å². The highest BCUT2D eigenvalue weighted by molar-refractivity contribution is 4.78. The van der Waals surface area contributed by atoms with Gasteiger partial charge in [0.1, 0.15) is 0 Å². The fourth-order valence-corrected chi connectivity index (χ4v) is 2.05. The Hall–Kier alpha value is -0.870. The van der Waals surface area contributed by atoms with Crippen LogP contribution in [0.2, 0.25) is 0 Å². The molecule has 1 aromatic heterocycles. The summed E-state index contributed by atoms with van der Waals surface area (Å²) in [5.74, 6) is 0.733. The predicted molar refractivity (Wildman–Crippen MR) is 72.0 cm³/mol. The van der Waals surface area contributed by atoms with Crippen molar-refractivity contribution in [1.82, 2.24) is 20.0 Å². The second-order valence-corrected chi connectivity index (χ2v) is 5.31. The Balaban J connectivity index is 2.27. The molecular weight excluding hydrogens is 212 g/mol. The summed E-state index contributed by atoms with van der Waals surface area (Å²) in [5, 5.41) is 7.82. The first kappa shape index (κ1) is 14.2. The normalized spacial score (nSPS) is 13.5. The lowest BCUT2D eigenvalue weighted by Crippen LogP contribution is -2.40. The summed E-state index contributed by atoms with van der Waals surface area (Å²) in [6.07, 6.45) is 5.05. The molecule has 1 N–H and O–H groups in total. The number of likely N-dealkylation sites (N-methyl/N-ethyl adjacent to an activating group) is 1. The van der Waals surface area contributed by atoms with Crippen molar-refractivity contribution in [2.45, 2.75) is 32.9 Å². The largest absolute Gasteiger partial charge is 0.311 e. The molecule has 0 aliphatic rings. The summed E-state index contributed by atoms with van der Waals surface area (Å²) in [6.45, 7) is 7.56. The second kappa shape index (κ2) is 7.45. The molecule has 17 heavy (non-hydrogen) atoms. The number of nitrogens with one attached hydrogen (secondary N) is 1. The summed E-state index contributed by atoms with van der Waals surface area (Å²) in [7, 11) is 4.25. The number of rotatable bonds is 8. The van der Waals surface area contributed by atoms with Crippen molar-refractivity contribution in [2.75, 3.05) is 27.2 Å². The van der Waals surface area contributed by atoms with Gasteiger partial charge in [-0.25, -0.2) is 0 Å². The van der Waals surface area contributed by atoms with Gasteiger partial charge in [0.05, 0.1) is 6.54 Å². The van der Waals surface area contributed by atoms with E-state index in [1.807, 2.05) is 23.1 Å². The van der Waals surface area contributed by atoms with Crippen LogP contribution in [0.4, 0.5) is 0 Å². The van der Waals surface area contributed by atoms with E-state index in [-0.39, 0.29) is 0 Å². The number of hydrogen-bond donors (Lipinski definition) is 1. The van der Waals surface area contributed by atoms with Crippen LogP contribution in [0, 0.1) is 5.92 Å². The van der Waals surface area contributed by atoms with Crippen LogP contribution in [0.25, 0.3) is 0 Å². The van der Waals surface area contributed by atoms with E-state index in [4.69, 9.17) is 0 Å². The average Bonchev–Trinajstić information content (AvgIpc) is 2.68. The molecule has 0 spiro atoms. The van der Waals surface area contributed by atoms with Crippen LogP contribution in [0.5, 0.6) is 0 Å². The molecule has 1 heterocycles. The van der Waals surface area contributed by atoms with Gasteiger partial charge in [-0.05, 0) is 32.5 Å². The van der Waals surface area contributed by atoms with Gasteiger partial charge in [0, 0.05) is 31.5 Å². The Labute approximate surface area is 105 Å². The Morgan fingerprint density at radius 2 is 2.12 bits per heavy atom. The van der Waals surface area contributed by atoms with Gasteiger partial charge in [0.15, 0.2) is 0 Å². The summed E-state index contributed by atoms with van der Waals surface area (Å²) < 4.78 is 1.97. The second-order valence-electron chi connectivity index (χ2n) is 5.31. The maximum Gasteiger partial charge on any atom is 0.0534 e. The fourth-order valence-electron chi connectivity index (χ4n) is 2.05. The summed E-state index contributed by atoms with van der Waals surface area (Å²) in [5.41, 5.74) is 0. The van der Waals surface area contributed by atoms with E-state index >= 15 is 0 Å². The predicted octanol–water partition coefficient (Wildman–Crippen LogP) is 1.45. The zero-order chi connectivity index (χ0) is 12.7. The highest BCUT2D eigenvalue weighted by Gasteiger charge is 2.10. The van der Waals surface area contributed by atoms with Gasteiger partial charge in [-0.1, -0.05) is 13.8 Å². The van der Waals surface area contributed by atoms with Crippen molar-refractivity contribution in [1.29, 1.82) is 0 Å². The van der Waals surface area contributed by atoms with Crippen LogP contribution in [-0.2, 0) is 6.54 Å². The minimum Gasteiger partial charge on any atom is -0.311 e. The van der Waals surface area contributed by atoms with Crippen LogP contribution in [0.1, 0.15) is 20.3 Å². The monoisotopic (exact) mass is 238 g/mol. The standard InChI is InChI=1S/C13H26N4/c1-12(2)10-13(11-16(3)4)14-7-9-17-8-5-6-15-17/h5-6,8,12-14H,7,9-11H2,1-4H3. The molecule has 1 unspecified atom stereocenters. The number of hydrogen-bond acceptors (Lipinski definition) is 3. The highest BCUT2D eigenvalue weighted by atomic mass is 15.3. The van der Waals surface area contributed by atoms with Gasteiger partial charge in [-0.2, -0.15) is 5.10 Å². The molecule has 0 saturated heterocycles. The molecule has 4 nitrogen and oxygen atoms in total. The van der Waals surface area contributed by atoms with E-state index in [9.17, 15) is 0 Å². The zero-order valence-corrected chi connectivity index (χ0v) is 11.6. The molecule has 0 saturated carbocycles. The molecule has 1 atom stereocenters. The summed E-state index contributed by atoms with van der Waals surface area (Å²) in [4.78, 5) is 2.24. The molecule has 0 radical (unpaired) electrons. The Bertz CT molecular complexity index is 270. The Kier molecular flexibility index (Phi) is 6.22. The van der Waals surface area contributed by atoms with Gasteiger partial charge >= 0.3 is 0 Å². The molecule has 0 fully saturated rings. The molecule has 0 aromatic carbocycles. The molecule has 0 aliphatic carbocycles. The van der Waals surface area contributed by atoms with Crippen LogP contribution < -0.4 is 5.32 Å². The maximum absolute atomic E-state index is 4.20. The topological polar surface area (TPSA) is 33.1 Å². The van der Waals surface area contributed by atoms with E-state index in [0.717, 1.165) is 25.6 Å². The minimum atomic E-state index is 0.570. The van der Waals surface area contributed by atoms with Crippen LogP contribution >= 0.6 is 0 Å². The molecule has 0 aliphatic heterocycles. The molecular formula is C13H26N4. The van der Waals surface area contributed by atoms with Crippen LogP contribution in [0.15, 0.2) is 18.5 Å². The van der Waals surface area contributed by atoms with E-state index in [1.54, 1.807) is 0 Å². The lowest BCUT2D eigenvalue weighted by molar-refractivity contribution is 0.302. The molecule has 4 heteroatoms. The quantitative estimate of drug-likeness (QED) is 0.744. The van der Waals surface area contributed by atoms with Gasteiger partial charge in [-0.15, -0.1) is 0 Å². The molecule has 98 valence electrons. The third-order valence-electron chi connectivity index (χ3n) is 2.67. The van der Waals surface area contributed by atoms with E-state index in [1.165, 1.54) is 6.42 Å². The molecule has 1 rings (SSSR count). The minimum absolute atomic E-state index is 0.570. The molecule has 0 bridgehead atoms. The smallest absolute Gasteiger partial charge is 0.0534 e. The van der Waals surface area contributed by atoms with Crippen molar-refractivity contribution in [3.8, 4) is 0 Å². The third kappa shape index (κ3) is 6.44. The van der Waals surface area contributed by atoms with Gasteiger partial charge in [0.2, 0.25) is 0 Å². The van der Waals surface area contributed by atoms with Crippen molar-refractivity contribution in [3.05, 3.63) is 18.5 Å². The first-order chi connectivity index (χ1) is 8.08. The van der Waals surface area contributed by atoms with Crippen LogP contribution in [0.3, 0.4) is 0 Å². The zero-order valence-electron chi connectivity index (χ0n) is 11.6. The fraction of sp³-hybridized carbons (Fsp3) is 0.769. The Morgan fingerprint density at radius 1 is 1.35 bits per heavy atom. The maximum atomic E-state index is 4.20. The average molecular weight is 238 g/mol. The summed E-state index contributed by atoms with van der Waals surface area (Å²) in [6, 6.07) is 2.53. The van der Waals surface area contributed by atoms with Gasteiger partial charge in [0.25, 0.3) is 0 Å². The van der Waals surface area contributed by atoms with Crippen molar-refractivity contribution >= 4 is 0 Å². The third-order valence-corrected chi connectivity index (χ3v) is 2.67. The van der Waals surface area contributed by atoms with Crippen molar-refractivity contribution in [2.24, 2.45) is 5.92 Å². The van der Waals surface area contributed by atoms with Gasteiger partial charge < -0.3 is 10.2 Å². The first-order valence-electron chi connectivity index (χ1n) is 6.43. The summed E-state index contributed by atoms with van der Waals surface area (Å²) >= 11 is 0. The van der Waals surface area contributed by atoms with Gasteiger partial charge in [-0.3, -0.25) is 4.68 Å². The van der Waals surface area contributed by atoms with E-state index in [2.05, 4.69) is 43.3 Å². The van der Waals surface area contributed by atoms with Crippen molar-refractivity contribution in [3.63, 3.8) is 0 Å². The SMILES string of the molecule is CC(C)CC(CN(C)C)NCCn1cccn1. The van der Waals surface area contributed by atoms with E-state index in [0.29, 0.717) is 6.04 Å². The molecule has 1 aromatic rings. The van der Waals surface area contributed by atoms with Crippen molar-refractivity contribution < 1.29 is 0 Å².